The maximum Gasteiger partial charge on any atom is 0.271 e. The predicted molar refractivity (Wildman–Crippen MR) is 92.7 cm³/mol. The lowest BCUT2D eigenvalue weighted by Gasteiger charge is -2.17. The Bertz CT molecular complexity index is 887. The lowest BCUT2D eigenvalue weighted by atomic mass is 10.1. The lowest BCUT2D eigenvalue weighted by Crippen LogP contribution is -2.28. The molecule has 0 aliphatic rings. The highest BCUT2D eigenvalue weighted by Crippen LogP contribution is 2.20. The SMILES string of the molecule is CCn1ncc(Cl)c1CN(C)C(=O)c1cc(-c2ccc(F)cc2)n[nH]1. The summed E-state index contributed by atoms with van der Waals surface area (Å²) in [5, 5.41) is 11.6. The Labute approximate surface area is 149 Å². The normalized spacial score (nSPS) is 10.9. The van der Waals surface area contributed by atoms with Crippen LogP contribution in [0.2, 0.25) is 5.02 Å². The van der Waals surface area contributed by atoms with Crippen molar-refractivity contribution in [2.24, 2.45) is 0 Å². The van der Waals surface area contributed by atoms with Crippen LogP contribution in [0.3, 0.4) is 0 Å². The Morgan fingerprint density at radius 2 is 2.08 bits per heavy atom. The van der Waals surface area contributed by atoms with Crippen LogP contribution in [0, 0.1) is 5.82 Å². The Morgan fingerprint density at radius 3 is 2.76 bits per heavy atom. The number of aromatic nitrogens is 4. The minimum atomic E-state index is -0.320. The van der Waals surface area contributed by atoms with Crippen molar-refractivity contribution >= 4 is 17.5 Å². The van der Waals surface area contributed by atoms with Gasteiger partial charge >= 0.3 is 0 Å². The molecule has 0 unspecified atom stereocenters. The summed E-state index contributed by atoms with van der Waals surface area (Å²) >= 11 is 6.14. The second-order valence-electron chi connectivity index (χ2n) is 5.59. The van der Waals surface area contributed by atoms with E-state index >= 15 is 0 Å². The minimum absolute atomic E-state index is 0.221. The summed E-state index contributed by atoms with van der Waals surface area (Å²) in [5.74, 6) is -0.541. The van der Waals surface area contributed by atoms with E-state index in [0.717, 1.165) is 11.3 Å². The van der Waals surface area contributed by atoms with E-state index in [1.807, 2.05) is 6.92 Å². The molecule has 0 aliphatic heterocycles. The van der Waals surface area contributed by atoms with Crippen LogP contribution in [-0.2, 0) is 13.1 Å². The zero-order valence-electron chi connectivity index (χ0n) is 13.8. The molecule has 0 saturated carbocycles. The fourth-order valence-electron chi connectivity index (χ4n) is 2.52. The number of carbonyl (C=O) groups is 1. The maximum atomic E-state index is 13.0. The second kappa shape index (κ2) is 7.06. The largest absolute Gasteiger partial charge is 0.334 e. The van der Waals surface area contributed by atoms with E-state index in [1.165, 1.54) is 17.0 Å². The van der Waals surface area contributed by atoms with Gasteiger partial charge in [-0.05, 0) is 37.3 Å². The van der Waals surface area contributed by atoms with Crippen LogP contribution in [0.15, 0.2) is 36.5 Å². The Hall–Kier alpha value is -2.67. The minimum Gasteiger partial charge on any atom is -0.334 e. The zero-order valence-corrected chi connectivity index (χ0v) is 14.6. The molecule has 3 rings (SSSR count). The molecule has 0 radical (unpaired) electrons. The molecule has 0 aliphatic carbocycles. The van der Waals surface area contributed by atoms with Crippen LogP contribution in [0.5, 0.6) is 0 Å². The zero-order chi connectivity index (χ0) is 18.0. The topological polar surface area (TPSA) is 66.8 Å². The number of hydrogen-bond donors (Lipinski definition) is 1. The van der Waals surface area contributed by atoms with Gasteiger partial charge in [0.1, 0.15) is 11.5 Å². The van der Waals surface area contributed by atoms with Crippen molar-refractivity contribution in [1.29, 1.82) is 0 Å². The fourth-order valence-corrected chi connectivity index (χ4v) is 2.72. The highest BCUT2D eigenvalue weighted by Gasteiger charge is 2.18. The molecule has 1 N–H and O–H groups in total. The maximum absolute atomic E-state index is 13.0. The van der Waals surface area contributed by atoms with E-state index in [4.69, 9.17) is 11.6 Å². The summed E-state index contributed by atoms with van der Waals surface area (Å²) in [6.45, 7) is 2.96. The van der Waals surface area contributed by atoms with Crippen molar-refractivity contribution in [3.63, 3.8) is 0 Å². The monoisotopic (exact) mass is 361 g/mol. The number of amides is 1. The van der Waals surface area contributed by atoms with Crippen molar-refractivity contribution in [3.05, 3.63) is 58.8 Å². The summed E-state index contributed by atoms with van der Waals surface area (Å²) in [7, 11) is 1.68. The Kier molecular flexibility index (Phi) is 4.85. The molecular formula is C17H17ClFN5O. The molecule has 25 heavy (non-hydrogen) atoms. The smallest absolute Gasteiger partial charge is 0.271 e. The van der Waals surface area contributed by atoms with Crippen LogP contribution in [-0.4, -0.2) is 37.8 Å². The molecule has 6 nitrogen and oxygen atoms in total. The number of halogens is 2. The average Bonchev–Trinajstić information content (AvgIpc) is 3.23. The first-order valence-corrected chi connectivity index (χ1v) is 8.14. The number of nitrogens with zero attached hydrogens (tertiary/aromatic N) is 4. The molecule has 0 spiro atoms. The standard InChI is InChI=1S/C17H17ClFN5O/c1-3-24-16(13(18)9-20-24)10-23(2)17(25)15-8-14(21-22-15)11-4-6-12(19)7-5-11/h4-9H,3,10H2,1-2H3,(H,21,22). The number of benzene rings is 1. The molecule has 0 saturated heterocycles. The third-order valence-corrected chi connectivity index (χ3v) is 4.19. The highest BCUT2D eigenvalue weighted by atomic mass is 35.5. The van der Waals surface area contributed by atoms with Gasteiger partial charge in [-0.3, -0.25) is 14.6 Å². The second-order valence-corrected chi connectivity index (χ2v) is 6.00. The van der Waals surface area contributed by atoms with Crippen molar-refractivity contribution in [3.8, 4) is 11.3 Å². The van der Waals surface area contributed by atoms with E-state index in [9.17, 15) is 9.18 Å². The summed E-state index contributed by atoms with van der Waals surface area (Å²) < 4.78 is 14.8. The lowest BCUT2D eigenvalue weighted by molar-refractivity contribution is 0.0775. The van der Waals surface area contributed by atoms with E-state index in [0.29, 0.717) is 29.5 Å². The molecule has 3 aromatic rings. The van der Waals surface area contributed by atoms with Crippen molar-refractivity contribution < 1.29 is 9.18 Å². The van der Waals surface area contributed by atoms with Gasteiger partial charge in [0.15, 0.2) is 0 Å². The van der Waals surface area contributed by atoms with Gasteiger partial charge in [0.05, 0.1) is 29.2 Å². The van der Waals surface area contributed by atoms with Gasteiger partial charge in [-0.2, -0.15) is 10.2 Å². The van der Waals surface area contributed by atoms with Gasteiger partial charge in [-0.1, -0.05) is 11.6 Å². The third kappa shape index (κ3) is 3.56. The Balaban J connectivity index is 1.76. The van der Waals surface area contributed by atoms with Crippen molar-refractivity contribution in [2.75, 3.05) is 7.05 Å². The first kappa shape index (κ1) is 17.2. The molecule has 2 heterocycles. The molecule has 130 valence electrons. The molecular weight excluding hydrogens is 345 g/mol. The summed E-state index contributed by atoms with van der Waals surface area (Å²) in [6, 6.07) is 7.58. The predicted octanol–water partition coefficient (Wildman–Crippen LogP) is 3.36. The number of aryl methyl sites for hydroxylation is 1. The third-order valence-electron chi connectivity index (χ3n) is 3.88. The summed E-state index contributed by atoms with van der Waals surface area (Å²) in [4.78, 5) is 14.1. The number of hydrogen-bond acceptors (Lipinski definition) is 3. The van der Waals surface area contributed by atoms with Gasteiger partial charge < -0.3 is 4.90 Å². The Morgan fingerprint density at radius 1 is 1.36 bits per heavy atom. The number of aromatic amines is 1. The molecule has 1 aromatic carbocycles. The van der Waals surface area contributed by atoms with E-state index < -0.39 is 0 Å². The van der Waals surface area contributed by atoms with Crippen LogP contribution < -0.4 is 0 Å². The molecule has 0 fully saturated rings. The van der Waals surface area contributed by atoms with Gasteiger partial charge in [0.25, 0.3) is 5.91 Å². The quantitative estimate of drug-likeness (QED) is 0.757. The molecule has 2 aromatic heterocycles. The summed E-state index contributed by atoms with van der Waals surface area (Å²) in [5.41, 5.74) is 2.43. The van der Waals surface area contributed by atoms with Gasteiger partial charge in [0.2, 0.25) is 0 Å². The van der Waals surface area contributed by atoms with Gasteiger partial charge in [-0.15, -0.1) is 0 Å². The number of carbonyl (C=O) groups excluding carboxylic acids is 1. The average molecular weight is 362 g/mol. The van der Waals surface area contributed by atoms with E-state index in [-0.39, 0.29) is 11.7 Å². The number of H-pyrrole nitrogens is 1. The molecule has 1 amide bonds. The first-order chi connectivity index (χ1) is 12.0. The van der Waals surface area contributed by atoms with Crippen molar-refractivity contribution in [2.45, 2.75) is 20.0 Å². The van der Waals surface area contributed by atoms with Gasteiger partial charge in [0, 0.05) is 19.2 Å². The summed E-state index contributed by atoms with van der Waals surface area (Å²) in [6.07, 6.45) is 1.57. The van der Waals surface area contributed by atoms with Crippen LogP contribution in [0.1, 0.15) is 23.1 Å². The van der Waals surface area contributed by atoms with E-state index in [2.05, 4.69) is 15.3 Å². The molecule has 0 bridgehead atoms. The van der Waals surface area contributed by atoms with Crippen LogP contribution >= 0.6 is 11.6 Å². The van der Waals surface area contributed by atoms with E-state index in [1.54, 1.807) is 36.1 Å². The van der Waals surface area contributed by atoms with Gasteiger partial charge in [-0.25, -0.2) is 4.39 Å². The number of rotatable bonds is 5. The van der Waals surface area contributed by atoms with Crippen LogP contribution in [0.4, 0.5) is 4.39 Å². The molecule has 0 atom stereocenters. The first-order valence-electron chi connectivity index (χ1n) is 7.76. The van der Waals surface area contributed by atoms with Crippen LogP contribution in [0.25, 0.3) is 11.3 Å². The molecule has 8 heteroatoms. The van der Waals surface area contributed by atoms with Crippen molar-refractivity contribution in [1.82, 2.24) is 24.9 Å². The highest BCUT2D eigenvalue weighted by molar-refractivity contribution is 6.31. The fraction of sp³-hybridized carbons (Fsp3) is 0.235. The number of nitrogens with one attached hydrogen (secondary N) is 1.